The number of benzene rings is 4. The summed E-state index contributed by atoms with van der Waals surface area (Å²) in [6.07, 6.45) is 9.45. The molecule has 0 atom stereocenters. The second kappa shape index (κ2) is 18.2. The molecule has 4 nitrogen and oxygen atoms in total. The van der Waals surface area contributed by atoms with Gasteiger partial charge in [-0.1, -0.05) is 68.8 Å². The lowest BCUT2D eigenvalue weighted by atomic mass is 9.92. The Morgan fingerprint density at radius 1 is 0.688 bits per heavy atom. The van der Waals surface area contributed by atoms with E-state index in [-0.39, 0.29) is 0 Å². The number of likely N-dealkylation sites (tertiary alicyclic amines) is 1. The third-order valence-corrected chi connectivity index (χ3v) is 11.2. The zero-order valence-corrected chi connectivity index (χ0v) is 31.6. The molecule has 0 radical (unpaired) electrons. The Balaban J connectivity index is 1.27. The van der Waals surface area contributed by atoms with Crippen LogP contribution in [0.4, 0.5) is 0 Å². The summed E-state index contributed by atoms with van der Waals surface area (Å²) in [6, 6.07) is 26.6. The molecule has 0 N–H and O–H groups in total. The molecule has 0 aromatic heterocycles. The third-order valence-electron chi connectivity index (χ3n) is 9.65. The zero-order valence-electron chi connectivity index (χ0n) is 29.9. The number of hydrogen-bond donors (Lipinski definition) is 0. The molecule has 0 spiro atoms. The van der Waals surface area contributed by atoms with Gasteiger partial charge in [-0.3, -0.25) is 9.80 Å². The second-order valence-electron chi connectivity index (χ2n) is 12.9. The Hall–Kier alpha value is -2.90. The van der Waals surface area contributed by atoms with E-state index in [0.29, 0.717) is 13.2 Å². The predicted octanol–water partition coefficient (Wildman–Crippen LogP) is 10.8. The highest BCUT2D eigenvalue weighted by Gasteiger charge is 2.15. The summed E-state index contributed by atoms with van der Waals surface area (Å²) in [5, 5.41) is 0. The lowest BCUT2D eigenvalue weighted by Crippen LogP contribution is -2.29. The summed E-state index contributed by atoms with van der Waals surface area (Å²) in [5.74, 6) is 1.92. The van der Waals surface area contributed by atoms with E-state index in [9.17, 15) is 0 Å². The standard InChI is InChI=1S/C42H54N2O2S2/c1-7-22-43(8-2)27-33-18-20-39(41(25-33)47-5)45-29-35-14-12-16-37(31(35)3)38-17-13-15-36(32(38)4)30-46-40-21-19-34(26-42(40)48-6)28-44-23-10-9-11-24-44/h12-21,25-26H,7-11,22-24,27-30H2,1-6H3. The monoisotopic (exact) mass is 682 g/mol. The topological polar surface area (TPSA) is 24.9 Å². The van der Waals surface area contributed by atoms with Gasteiger partial charge < -0.3 is 9.47 Å². The van der Waals surface area contributed by atoms with E-state index in [1.54, 1.807) is 23.5 Å². The van der Waals surface area contributed by atoms with Gasteiger partial charge in [-0.25, -0.2) is 0 Å². The van der Waals surface area contributed by atoms with E-state index in [4.69, 9.17) is 9.47 Å². The van der Waals surface area contributed by atoms with Crippen molar-refractivity contribution in [1.82, 2.24) is 9.80 Å². The molecule has 0 bridgehead atoms. The third kappa shape index (κ3) is 9.41. The molecule has 4 aromatic rings. The molecule has 1 heterocycles. The molecule has 5 rings (SSSR count). The molecule has 1 aliphatic rings. The number of hydrogen-bond acceptors (Lipinski definition) is 6. The SMILES string of the molecule is CCCN(CC)Cc1ccc(OCc2cccc(-c3cccc(COc4ccc(CN5CCCCC5)cc4SC)c3C)c2C)c(SC)c1. The van der Waals surface area contributed by atoms with Crippen LogP contribution >= 0.6 is 23.5 Å². The molecule has 1 fully saturated rings. The maximum atomic E-state index is 6.48. The molecule has 48 heavy (non-hydrogen) atoms. The van der Waals surface area contributed by atoms with Gasteiger partial charge in [0.05, 0.1) is 0 Å². The molecule has 0 saturated carbocycles. The summed E-state index contributed by atoms with van der Waals surface area (Å²) in [6.45, 7) is 16.6. The number of rotatable bonds is 16. The zero-order chi connectivity index (χ0) is 33.9. The van der Waals surface area contributed by atoms with Gasteiger partial charge in [0, 0.05) is 22.9 Å². The van der Waals surface area contributed by atoms with Crippen LogP contribution in [-0.4, -0.2) is 48.5 Å². The van der Waals surface area contributed by atoms with Crippen LogP contribution < -0.4 is 9.47 Å². The maximum absolute atomic E-state index is 6.48. The minimum atomic E-state index is 0.538. The molecule has 0 amide bonds. The minimum Gasteiger partial charge on any atom is -0.488 e. The number of nitrogens with zero attached hydrogens (tertiary/aromatic N) is 2. The van der Waals surface area contributed by atoms with Gasteiger partial charge in [0.1, 0.15) is 24.7 Å². The second-order valence-corrected chi connectivity index (χ2v) is 14.6. The highest BCUT2D eigenvalue weighted by Crippen LogP contribution is 2.35. The van der Waals surface area contributed by atoms with Gasteiger partial charge in [-0.15, -0.1) is 23.5 Å². The van der Waals surface area contributed by atoms with Crippen LogP contribution in [0.5, 0.6) is 11.5 Å². The lowest BCUT2D eigenvalue weighted by molar-refractivity contribution is 0.220. The summed E-state index contributed by atoms with van der Waals surface area (Å²) in [7, 11) is 0. The van der Waals surface area contributed by atoms with E-state index in [1.807, 2.05) is 0 Å². The van der Waals surface area contributed by atoms with Gasteiger partial charge >= 0.3 is 0 Å². The summed E-state index contributed by atoms with van der Waals surface area (Å²) in [5.41, 5.74) is 10.1. The Bertz CT molecular complexity index is 1520. The van der Waals surface area contributed by atoms with Crippen LogP contribution in [0.1, 0.15) is 72.9 Å². The molecule has 1 saturated heterocycles. The lowest BCUT2D eigenvalue weighted by Gasteiger charge is -2.26. The minimum absolute atomic E-state index is 0.538. The Labute approximate surface area is 298 Å². The molecule has 1 aliphatic heterocycles. The Morgan fingerprint density at radius 2 is 1.23 bits per heavy atom. The van der Waals surface area contributed by atoms with Crippen molar-refractivity contribution in [1.29, 1.82) is 0 Å². The van der Waals surface area contributed by atoms with Gasteiger partial charge in [-0.05, 0) is 141 Å². The number of ether oxygens (including phenoxy) is 2. The first kappa shape index (κ1) is 36.4. The fourth-order valence-corrected chi connectivity index (χ4v) is 7.93. The largest absolute Gasteiger partial charge is 0.488 e. The van der Waals surface area contributed by atoms with E-state index in [0.717, 1.165) is 37.7 Å². The van der Waals surface area contributed by atoms with Crippen LogP contribution in [0.2, 0.25) is 0 Å². The van der Waals surface area contributed by atoms with Crippen molar-refractivity contribution in [3.8, 4) is 22.6 Å². The van der Waals surface area contributed by atoms with E-state index >= 15 is 0 Å². The Kier molecular flexibility index (Phi) is 13.8. The first-order chi connectivity index (χ1) is 23.4. The van der Waals surface area contributed by atoms with Crippen molar-refractivity contribution in [3.63, 3.8) is 0 Å². The summed E-state index contributed by atoms with van der Waals surface area (Å²) >= 11 is 3.52. The first-order valence-corrected chi connectivity index (χ1v) is 20.1. The van der Waals surface area contributed by atoms with Crippen LogP contribution in [-0.2, 0) is 26.3 Å². The van der Waals surface area contributed by atoms with Crippen molar-refractivity contribution in [3.05, 3.63) is 106 Å². The highest BCUT2D eigenvalue weighted by atomic mass is 32.2. The normalized spacial score (nSPS) is 13.6. The smallest absolute Gasteiger partial charge is 0.133 e. The quantitative estimate of drug-likeness (QED) is 0.109. The van der Waals surface area contributed by atoms with Crippen molar-refractivity contribution in [2.24, 2.45) is 0 Å². The molecule has 0 aliphatic carbocycles. The first-order valence-electron chi connectivity index (χ1n) is 17.7. The van der Waals surface area contributed by atoms with E-state index < -0.39 is 0 Å². The average Bonchev–Trinajstić information content (AvgIpc) is 3.11. The maximum Gasteiger partial charge on any atom is 0.133 e. The van der Waals surface area contributed by atoms with Crippen LogP contribution in [0.25, 0.3) is 11.1 Å². The molecular formula is C42H54N2O2S2. The predicted molar refractivity (Wildman–Crippen MR) is 207 cm³/mol. The van der Waals surface area contributed by atoms with Crippen LogP contribution in [0, 0.1) is 13.8 Å². The number of thioether (sulfide) groups is 2. The molecular weight excluding hydrogens is 629 g/mol. The molecule has 6 heteroatoms. The molecule has 4 aromatic carbocycles. The molecule has 256 valence electrons. The Morgan fingerprint density at radius 3 is 1.75 bits per heavy atom. The van der Waals surface area contributed by atoms with Gasteiger partial charge in [-0.2, -0.15) is 0 Å². The molecule has 0 unspecified atom stereocenters. The fourth-order valence-electron chi connectivity index (χ4n) is 6.73. The van der Waals surface area contributed by atoms with Crippen molar-refractivity contribution < 1.29 is 9.47 Å². The van der Waals surface area contributed by atoms with Gasteiger partial charge in [0.15, 0.2) is 0 Å². The summed E-state index contributed by atoms with van der Waals surface area (Å²) < 4.78 is 13.0. The summed E-state index contributed by atoms with van der Waals surface area (Å²) in [4.78, 5) is 7.47. The van der Waals surface area contributed by atoms with Crippen LogP contribution in [0.15, 0.2) is 82.6 Å². The van der Waals surface area contributed by atoms with Crippen molar-refractivity contribution >= 4 is 23.5 Å². The van der Waals surface area contributed by atoms with Gasteiger partial charge in [0.2, 0.25) is 0 Å². The highest BCUT2D eigenvalue weighted by molar-refractivity contribution is 7.99. The van der Waals surface area contributed by atoms with E-state index in [2.05, 4.69) is 123 Å². The number of piperidine rings is 1. The van der Waals surface area contributed by atoms with Crippen molar-refractivity contribution in [2.45, 2.75) is 89.5 Å². The van der Waals surface area contributed by atoms with E-state index in [1.165, 1.54) is 93.1 Å². The van der Waals surface area contributed by atoms with Crippen molar-refractivity contribution in [2.75, 3.05) is 38.7 Å². The fraction of sp³-hybridized carbons (Fsp3) is 0.429. The average molecular weight is 683 g/mol. The van der Waals surface area contributed by atoms with Crippen LogP contribution in [0.3, 0.4) is 0 Å². The van der Waals surface area contributed by atoms with Gasteiger partial charge in [0.25, 0.3) is 0 Å².